The number of carbonyl (C=O) groups excluding carboxylic acids is 1. The van der Waals surface area contributed by atoms with Crippen LogP contribution in [0.3, 0.4) is 0 Å². The van der Waals surface area contributed by atoms with Crippen molar-refractivity contribution in [1.82, 2.24) is 14.9 Å². The number of alkyl halides is 3. The van der Waals surface area contributed by atoms with Crippen molar-refractivity contribution >= 4 is 16.9 Å². The Bertz CT molecular complexity index is 691. The number of carbonyl (C=O) groups is 1. The normalized spacial score (nSPS) is 24.4. The average molecular weight is 295 g/mol. The average Bonchev–Trinajstić information content (AvgIpc) is 2.99. The standard InChI is InChI=1S/C14H12F3N3O/c15-14(16,17)13(21)20-4-7-1-8(5-20)10-3-12-11(2-9(7)10)18-6-19-12/h2-3,6-8H,1,4-5H2,(H,18,19)/t7-,8?/m1/s1. The second-order valence-electron chi connectivity index (χ2n) is 5.74. The molecule has 0 radical (unpaired) electrons. The van der Waals surface area contributed by atoms with Gasteiger partial charge in [-0.15, -0.1) is 0 Å². The van der Waals surface area contributed by atoms with Gasteiger partial charge in [-0.25, -0.2) is 4.98 Å². The lowest BCUT2D eigenvalue weighted by atomic mass is 9.95. The summed E-state index contributed by atoms with van der Waals surface area (Å²) in [6.45, 7) is 0.277. The van der Waals surface area contributed by atoms with Crippen molar-refractivity contribution in [2.75, 3.05) is 13.1 Å². The molecule has 21 heavy (non-hydrogen) atoms. The number of benzene rings is 1. The van der Waals surface area contributed by atoms with E-state index < -0.39 is 12.1 Å². The van der Waals surface area contributed by atoms with Crippen molar-refractivity contribution in [3.63, 3.8) is 0 Å². The molecule has 1 N–H and O–H groups in total. The fraction of sp³-hybridized carbons (Fsp3) is 0.429. The van der Waals surface area contributed by atoms with Crippen LogP contribution in [0.2, 0.25) is 0 Å². The first-order valence-corrected chi connectivity index (χ1v) is 6.76. The van der Waals surface area contributed by atoms with E-state index in [0.717, 1.165) is 33.5 Å². The number of hydrogen-bond acceptors (Lipinski definition) is 2. The molecule has 0 spiro atoms. The van der Waals surface area contributed by atoms with Crippen LogP contribution in [0.15, 0.2) is 18.5 Å². The predicted molar refractivity (Wildman–Crippen MR) is 68.8 cm³/mol. The van der Waals surface area contributed by atoms with Gasteiger partial charge in [0, 0.05) is 24.9 Å². The monoisotopic (exact) mass is 295 g/mol. The van der Waals surface area contributed by atoms with Crippen LogP contribution >= 0.6 is 0 Å². The zero-order valence-electron chi connectivity index (χ0n) is 10.9. The highest BCUT2D eigenvalue weighted by Crippen LogP contribution is 2.47. The Morgan fingerprint density at radius 2 is 1.90 bits per heavy atom. The largest absolute Gasteiger partial charge is 0.471 e. The Morgan fingerprint density at radius 1 is 1.24 bits per heavy atom. The van der Waals surface area contributed by atoms with E-state index in [4.69, 9.17) is 0 Å². The first kappa shape index (κ1) is 12.7. The summed E-state index contributed by atoms with van der Waals surface area (Å²) in [6.07, 6.45) is -2.38. The number of aromatic amines is 1. The molecule has 2 aliphatic rings. The van der Waals surface area contributed by atoms with Crippen LogP contribution in [0.4, 0.5) is 13.2 Å². The lowest BCUT2D eigenvalue weighted by Crippen LogP contribution is -2.46. The molecule has 1 unspecified atom stereocenters. The molecule has 1 amide bonds. The van der Waals surface area contributed by atoms with E-state index in [1.165, 1.54) is 0 Å². The number of likely N-dealkylation sites (tertiary alicyclic amines) is 1. The van der Waals surface area contributed by atoms with E-state index in [-0.39, 0.29) is 24.9 Å². The van der Waals surface area contributed by atoms with E-state index in [9.17, 15) is 18.0 Å². The Labute approximate surface area is 118 Å². The maximum Gasteiger partial charge on any atom is 0.471 e. The second kappa shape index (κ2) is 3.99. The van der Waals surface area contributed by atoms with Crippen LogP contribution in [-0.4, -0.2) is 40.0 Å². The maximum absolute atomic E-state index is 12.6. The number of halogens is 3. The van der Waals surface area contributed by atoms with Crippen molar-refractivity contribution in [2.45, 2.75) is 24.4 Å². The van der Waals surface area contributed by atoms with Gasteiger partial charge in [-0.3, -0.25) is 4.79 Å². The highest BCUT2D eigenvalue weighted by molar-refractivity contribution is 5.83. The number of H-pyrrole nitrogens is 1. The highest BCUT2D eigenvalue weighted by atomic mass is 19.4. The van der Waals surface area contributed by atoms with Gasteiger partial charge < -0.3 is 9.88 Å². The molecule has 1 saturated heterocycles. The summed E-state index contributed by atoms with van der Waals surface area (Å²) in [7, 11) is 0. The first-order valence-electron chi connectivity index (χ1n) is 6.76. The van der Waals surface area contributed by atoms with Gasteiger partial charge in [0.05, 0.1) is 17.4 Å². The van der Waals surface area contributed by atoms with Gasteiger partial charge in [-0.2, -0.15) is 13.2 Å². The highest BCUT2D eigenvalue weighted by Gasteiger charge is 2.47. The zero-order chi connectivity index (χ0) is 14.8. The summed E-state index contributed by atoms with van der Waals surface area (Å²) in [5.41, 5.74) is 3.79. The SMILES string of the molecule is O=C(N1CC2C[C@H](C1)c1cc3nc[nH]c3cc12)C(F)(F)F. The summed E-state index contributed by atoms with van der Waals surface area (Å²) >= 11 is 0. The smallest absolute Gasteiger partial charge is 0.345 e. The number of hydrogen-bond donors (Lipinski definition) is 1. The van der Waals surface area contributed by atoms with E-state index in [2.05, 4.69) is 9.97 Å². The molecule has 4 nitrogen and oxygen atoms in total. The van der Waals surface area contributed by atoms with Gasteiger partial charge in [0.2, 0.25) is 0 Å². The molecular weight excluding hydrogens is 283 g/mol. The van der Waals surface area contributed by atoms with E-state index in [1.54, 1.807) is 6.33 Å². The molecule has 2 aromatic rings. The van der Waals surface area contributed by atoms with Gasteiger partial charge in [0.25, 0.3) is 0 Å². The van der Waals surface area contributed by atoms with E-state index >= 15 is 0 Å². The summed E-state index contributed by atoms with van der Waals surface area (Å²) in [5.74, 6) is -1.77. The van der Waals surface area contributed by atoms with Crippen molar-refractivity contribution in [1.29, 1.82) is 0 Å². The fourth-order valence-corrected chi connectivity index (χ4v) is 3.62. The van der Waals surface area contributed by atoms with Crippen molar-refractivity contribution in [3.05, 3.63) is 29.6 Å². The van der Waals surface area contributed by atoms with Gasteiger partial charge >= 0.3 is 12.1 Å². The number of piperidine rings is 1. The molecule has 2 heterocycles. The molecular formula is C14H12F3N3O. The third kappa shape index (κ3) is 1.83. The quantitative estimate of drug-likeness (QED) is 0.812. The molecule has 110 valence electrons. The summed E-state index contributed by atoms with van der Waals surface area (Å²) < 4.78 is 37.8. The lowest BCUT2D eigenvalue weighted by Gasteiger charge is -2.32. The number of fused-ring (bicyclic) bond motifs is 6. The van der Waals surface area contributed by atoms with Gasteiger partial charge in [-0.1, -0.05) is 0 Å². The second-order valence-corrected chi connectivity index (χ2v) is 5.74. The number of aromatic nitrogens is 2. The predicted octanol–water partition coefficient (Wildman–Crippen LogP) is 2.54. The molecule has 7 heteroatoms. The van der Waals surface area contributed by atoms with Crippen LogP contribution in [0.25, 0.3) is 11.0 Å². The van der Waals surface area contributed by atoms with Gasteiger partial charge in [0.1, 0.15) is 0 Å². The Balaban J connectivity index is 1.71. The topological polar surface area (TPSA) is 49.0 Å². The minimum absolute atomic E-state index is 0.0160. The van der Waals surface area contributed by atoms with Crippen molar-refractivity contribution < 1.29 is 18.0 Å². The van der Waals surface area contributed by atoms with Crippen LogP contribution in [0.5, 0.6) is 0 Å². The molecule has 4 rings (SSSR count). The third-order valence-corrected chi connectivity index (χ3v) is 4.48. The third-order valence-electron chi connectivity index (χ3n) is 4.48. The molecule has 2 bridgehead atoms. The number of imidazole rings is 1. The Hall–Kier alpha value is -2.05. The van der Waals surface area contributed by atoms with Crippen molar-refractivity contribution in [3.8, 4) is 0 Å². The molecule has 1 fully saturated rings. The number of nitrogens with one attached hydrogen (secondary N) is 1. The van der Waals surface area contributed by atoms with Crippen LogP contribution in [0, 0.1) is 0 Å². The van der Waals surface area contributed by atoms with E-state index in [1.807, 2.05) is 12.1 Å². The Kier molecular flexibility index (Phi) is 2.41. The molecule has 1 aliphatic heterocycles. The van der Waals surface area contributed by atoms with Gasteiger partial charge in [-0.05, 0) is 29.7 Å². The number of nitrogens with zero attached hydrogens (tertiary/aromatic N) is 2. The number of rotatable bonds is 0. The molecule has 1 aromatic heterocycles. The minimum Gasteiger partial charge on any atom is -0.345 e. The number of amides is 1. The molecule has 1 aromatic carbocycles. The Morgan fingerprint density at radius 3 is 2.57 bits per heavy atom. The van der Waals surface area contributed by atoms with Crippen LogP contribution in [-0.2, 0) is 4.79 Å². The maximum atomic E-state index is 12.6. The van der Waals surface area contributed by atoms with Crippen molar-refractivity contribution in [2.24, 2.45) is 0 Å². The summed E-state index contributed by atoms with van der Waals surface area (Å²) in [4.78, 5) is 19.6. The minimum atomic E-state index is -4.80. The summed E-state index contributed by atoms with van der Waals surface area (Å²) in [5, 5.41) is 0. The molecule has 0 saturated carbocycles. The fourth-order valence-electron chi connectivity index (χ4n) is 3.62. The van der Waals surface area contributed by atoms with Crippen LogP contribution < -0.4 is 0 Å². The zero-order valence-corrected chi connectivity index (χ0v) is 10.9. The lowest BCUT2D eigenvalue weighted by molar-refractivity contribution is -0.186. The van der Waals surface area contributed by atoms with Gasteiger partial charge in [0.15, 0.2) is 0 Å². The van der Waals surface area contributed by atoms with E-state index in [0.29, 0.717) is 0 Å². The first-order chi connectivity index (χ1) is 9.93. The molecule has 2 atom stereocenters. The summed E-state index contributed by atoms with van der Waals surface area (Å²) in [6, 6.07) is 3.90. The molecule has 1 aliphatic carbocycles. The van der Waals surface area contributed by atoms with Crippen LogP contribution in [0.1, 0.15) is 29.4 Å².